The van der Waals surface area contributed by atoms with Crippen molar-refractivity contribution in [3.63, 3.8) is 0 Å². The quantitative estimate of drug-likeness (QED) is 0.0957. The minimum absolute atomic E-state index is 0.0636. The molecule has 0 aliphatic rings. The Labute approximate surface area is 483 Å². The zero-order chi connectivity index (χ0) is 56.0. The number of rotatable bonds is 11. The summed E-state index contributed by atoms with van der Waals surface area (Å²) in [4.78, 5) is 8.95. The van der Waals surface area contributed by atoms with E-state index in [1.807, 2.05) is 30.5 Å². The maximum atomic E-state index is 8.44. The molecule has 3 aromatic heterocycles. The van der Waals surface area contributed by atoms with E-state index in [1.54, 1.807) is 0 Å². The summed E-state index contributed by atoms with van der Waals surface area (Å²) in [7, 11) is 0. The topological polar surface area (TPSA) is 40.2 Å². The number of fused-ring (bicyclic) bond motifs is 4. The molecule has 11 aromatic carbocycles. The van der Waals surface area contributed by atoms with Gasteiger partial charge in [-0.2, -0.15) is 0 Å². The standard InChI is InChI=1S/C77H55N5O/c1-77(2,3)62-38-39-79-75(46-62)82-71-33-18-17-30-69(71)70-37-36-65(50-74(70)82)83-66-48-63(78-4)47-64(49-66)80-51-81(73-35-20-19-34-72(73)80)76-67(60-42-56(52-22-9-5-10-23-52)40-57(43-60)53-24-11-6-12-25-53)31-21-32-68(76)61-44-58(54-26-13-7-14-27-54)41-59(45-61)55-28-15-8-16-29-55/h5-50H,1-3H3. The van der Waals surface area contributed by atoms with Crippen LogP contribution in [0, 0.1) is 12.9 Å². The highest BCUT2D eigenvalue weighted by molar-refractivity contribution is 6.09. The van der Waals surface area contributed by atoms with Crippen molar-refractivity contribution in [3.05, 3.63) is 302 Å². The summed E-state index contributed by atoms with van der Waals surface area (Å²) in [5.41, 5.74) is 20.3. The average Bonchev–Trinajstić information content (AvgIpc) is 2.85. The van der Waals surface area contributed by atoms with Gasteiger partial charge in [-0.3, -0.25) is 13.7 Å². The van der Waals surface area contributed by atoms with Gasteiger partial charge >= 0.3 is 0 Å². The smallest absolute Gasteiger partial charge is 0.269 e. The first-order chi connectivity index (χ1) is 40.7. The lowest BCUT2D eigenvalue weighted by Gasteiger charge is -2.20. The molecular formula is C77H55N5O. The van der Waals surface area contributed by atoms with Crippen LogP contribution in [0.5, 0.6) is 11.5 Å². The average molecular weight is 1070 g/mol. The first kappa shape index (κ1) is 50.4. The van der Waals surface area contributed by atoms with Gasteiger partial charge in [-0.25, -0.2) is 9.83 Å². The number of para-hydroxylation sites is 4. The Morgan fingerprint density at radius 3 is 1.49 bits per heavy atom. The van der Waals surface area contributed by atoms with E-state index in [2.05, 4.69) is 294 Å². The Balaban J connectivity index is 0.969. The molecule has 83 heavy (non-hydrogen) atoms. The number of hydrogen-bond donors (Lipinski definition) is 0. The summed E-state index contributed by atoms with van der Waals surface area (Å²) in [6.45, 7) is 15.1. The fourth-order valence-electron chi connectivity index (χ4n) is 11.6. The van der Waals surface area contributed by atoms with Crippen LogP contribution in [-0.4, -0.2) is 14.1 Å². The molecule has 0 bridgehead atoms. The summed E-state index contributed by atoms with van der Waals surface area (Å²) < 4.78 is 13.4. The van der Waals surface area contributed by atoms with E-state index in [-0.39, 0.29) is 5.41 Å². The zero-order valence-corrected chi connectivity index (χ0v) is 46.2. The fourth-order valence-corrected chi connectivity index (χ4v) is 11.6. The van der Waals surface area contributed by atoms with Crippen molar-refractivity contribution in [2.24, 2.45) is 0 Å². The van der Waals surface area contributed by atoms with Crippen LogP contribution < -0.4 is 9.30 Å². The summed E-state index contributed by atoms with van der Waals surface area (Å²) in [6, 6.07) is 96.1. The van der Waals surface area contributed by atoms with Gasteiger partial charge in [0.2, 0.25) is 0 Å². The Morgan fingerprint density at radius 1 is 0.434 bits per heavy atom. The molecule has 0 N–H and O–H groups in total. The van der Waals surface area contributed by atoms with Crippen molar-refractivity contribution in [1.82, 2.24) is 14.1 Å². The molecule has 14 rings (SSSR count). The lowest BCUT2D eigenvalue weighted by Crippen LogP contribution is -2.31. The second-order valence-corrected chi connectivity index (χ2v) is 22.1. The van der Waals surface area contributed by atoms with Crippen LogP contribution in [-0.2, 0) is 5.41 Å². The van der Waals surface area contributed by atoms with Crippen molar-refractivity contribution in [3.8, 4) is 95.5 Å². The van der Waals surface area contributed by atoms with Gasteiger partial charge < -0.3 is 4.74 Å². The van der Waals surface area contributed by atoms with Gasteiger partial charge in [-0.1, -0.05) is 203 Å². The number of ether oxygens (including phenoxy) is 1. The Kier molecular flexibility index (Phi) is 12.7. The molecule has 6 nitrogen and oxygen atoms in total. The van der Waals surface area contributed by atoms with Gasteiger partial charge in [0.25, 0.3) is 6.33 Å². The van der Waals surface area contributed by atoms with Crippen molar-refractivity contribution < 1.29 is 9.30 Å². The van der Waals surface area contributed by atoms with Gasteiger partial charge in [-0.15, -0.1) is 0 Å². The minimum atomic E-state index is -0.0636. The predicted octanol–water partition coefficient (Wildman–Crippen LogP) is 19.8. The van der Waals surface area contributed by atoms with Crippen molar-refractivity contribution in [2.45, 2.75) is 26.2 Å². The molecule has 0 aliphatic heterocycles. The molecule has 0 aliphatic carbocycles. The SMILES string of the molecule is [C-]#[N+]c1cc(Oc2ccc3c4ccccc4n(-c4cc(C(C)(C)C)ccn4)c3c2)cc(-n2[c-][n+](-c3c(-c4cc(-c5ccccc5)cc(-c5ccccc5)c4)cccc3-c3cc(-c4ccccc4)cc(-c4ccccc4)c3)c3ccccc32)c1. The van der Waals surface area contributed by atoms with Crippen LogP contribution >= 0.6 is 0 Å². The number of hydrogen-bond acceptors (Lipinski definition) is 2. The second kappa shape index (κ2) is 21.0. The lowest BCUT2D eigenvalue weighted by molar-refractivity contribution is -0.571. The van der Waals surface area contributed by atoms with Crippen LogP contribution in [0.3, 0.4) is 0 Å². The molecule has 6 heteroatoms. The third kappa shape index (κ3) is 9.60. The summed E-state index contributed by atoms with van der Waals surface area (Å²) in [6.07, 6.45) is 5.81. The third-order valence-corrected chi connectivity index (χ3v) is 15.7. The van der Waals surface area contributed by atoms with Crippen LogP contribution in [0.15, 0.2) is 279 Å². The summed E-state index contributed by atoms with van der Waals surface area (Å²) >= 11 is 0. The molecule has 394 valence electrons. The fraction of sp³-hybridized carbons (Fsp3) is 0.0519. The van der Waals surface area contributed by atoms with E-state index >= 15 is 0 Å². The van der Waals surface area contributed by atoms with E-state index < -0.39 is 0 Å². The first-order valence-electron chi connectivity index (χ1n) is 28.0. The Hall–Kier alpha value is -10.9. The molecule has 0 spiro atoms. The number of imidazole rings is 1. The highest BCUT2D eigenvalue weighted by Crippen LogP contribution is 2.42. The molecule has 0 radical (unpaired) electrons. The van der Waals surface area contributed by atoms with Crippen LogP contribution in [0.25, 0.3) is 122 Å². The van der Waals surface area contributed by atoms with Gasteiger partial charge in [0.05, 0.1) is 40.0 Å². The largest absolute Gasteiger partial charge is 0.459 e. The maximum absolute atomic E-state index is 8.44. The highest BCUT2D eigenvalue weighted by Gasteiger charge is 2.24. The number of pyridine rings is 1. The van der Waals surface area contributed by atoms with Gasteiger partial charge in [0.1, 0.15) is 17.3 Å². The first-order valence-corrected chi connectivity index (χ1v) is 28.0. The van der Waals surface area contributed by atoms with E-state index in [9.17, 15) is 0 Å². The number of aromatic nitrogens is 4. The van der Waals surface area contributed by atoms with Gasteiger partial charge in [0.15, 0.2) is 5.69 Å². The minimum Gasteiger partial charge on any atom is -0.459 e. The number of benzene rings is 11. The highest BCUT2D eigenvalue weighted by atomic mass is 16.5. The van der Waals surface area contributed by atoms with Crippen LogP contribution in [0.1, 0.15) is 26.3 Å². The Morgan fingerprint density at radius 2 is 0.940 bits per heavy atom. The van der Waals surface area contributed by atoms with Gasteiger partial charge in [-0.05, 0) is 163 Å². The van der Waals surface area contributed by atoms with Crippen LogP contribution in [0.2, 0.25) is 0 Å². The molecule has 0 amide bonds. The van der Waals surface area contributed by atoms with Crippen LogP contribution in [0.4, 0.5) is 5.69 Å². The predicted molar refractivity (Wildman–Crippen MR) is 340 cm³/mol. The summed E-state index contributed by atoms with van der Waals surface area (Å²) in [5.74, 6) is 2.00. The monoisotopic (exact) mass is 1070 g/mol. The van der Waals surface area contributed by atoms with Crippen molar-refractivity contribution >= 4 is 38.5 Å². The summed E-state index contributed by atoms with van der Waals surface area (Å²) in [5, 5.41) is 2.22. The lowest BCUT2D eigenvalue weighted by atomic mass is 9.88. The molecule has 0 unspecified atom stereocenters. The molecule has 14 aromatic rings. The Bertz CT molecular complexity index is 4540. The molecule has 0 atom stereocenters. The molecule has 0 saturated carbocycles. The van der Waals surface area contributed by atoms with E-state index in [0.29, 0.717) is 17.2 Å². The number of nitrogens with zero attached hydrogens (tertiary/aromatic N) is 5. The van der Waals surface area contributed by atoms with E-state index in [0.717, 1.165) is 117 Å². The van der Waals surface area contributed by atoms with E-state index in [4.69, 9.17) is 16.3 Å². The molecule has 0 fully saturated rings. The molecular weight excluding hydrogens is 1010 g/mol. The zero-order valence-electron chi connectivity index (χ0n) is 46.2. The second-order valence-electron chi connectivity index (χ2n) is 22.1. The maximum Gasteiger partial charge on any atom is 0.269 e. The van der Waals surface area contributed by atoms with Crippen molar-refractivity contribution in [1.29, 1.82) is 0 Å². The molecule has 0 saturated heterocycles. The van der Waals surface area contributed by atoms with Crippen molar-refractivity contribution in [2.75, 3.05) is 0 Å². The van der Waals surface area contributed by atoms with Gasteiger partial charge in [0, 0.05) is 23.0 Å². The molecule has 3 heterocycles. The third-order valence-electron chi connectivity index (χ3n) is 15.7. The van der Waals surface area contributed by atoms with E-state index in [1.165, 1.54) is 5.56 Å². The normalized spacial score (nSPS) is 11.5.